The quantitative estimate of drug-likeness (QED) is 0.643. The van der Waals surface area contributed by atoms with Gasteiger partial charge in [-0.25, -0.2) is 9.97 Å². The molecule has 0 radical (unpaired) electrons. The number of nitrogens with one attached hydrogen (secondary N) is 3. The molecule has 0 bridgehead atoms. The Kier molecular flexibility index (Phi) is 4.02. The summed E-state index contributed by atoms with van der Waals surface area (Å²) in [5.74, 6) is 0.313. The van der Waals surface area contributed by atoms with E-state index in [1.807, 2.05) is 12.1 Å². The van der Waals surface area contributed by atoms with Gasteiger partial charge in [0.05, 0.1) is 37.4 Å². The Labute approximate surface area is 142 Å². The predicted octanol–water partition coefficient (Wildman–Crippen LogP) is 0.578. The van der Waals surface area contributed by atoms with Crippen molar-refractivity contribution in [3.63, 3.8) is 0 Å². The predicted molar refractivity (Wildman–Crippen MR) is 89.9 cm³/mol. The minimum Gasteiger partial charge on any atom is -0.376 e. The molecule has 0 saturated carbocycles. The van der Waals surface area contributed by atoms with E-state index < -0.39 is 0 Å². The summed E-state index contributed by atoms with van der Waals surface area (Å²) in [4.78, 5) is 38.6. The van der Waals surface area contributed by atoms with E-state index in [9.17, 15) is 9.59 Å². The van der Waals surface area contributed by atoms with E-state index in [-0.39, 0.29) is 24.4 Å². The Hall–Kier alpha value is -3.00. The highest BCUT2D eigenvalue weighted by Gasteiger charge is 2.16. The first-order valence-corrected chi connectivity index (χ1v) is 8.07. The van der Waals surface area contributed by atoms with Gasteiger partial charge in [-0.2, -0.15) is 0 Å². The monoisotopic (exact) mass is 339 g/mol. The number of pyridine rings is 1. The molecule has 0 saturated heterocycles. The maximum Gasteiger partial charge on any atom is 0.256 e. The molecule has 3 N–H and O–H groups in total. The number of rotatable bonds is 4. The van der Waals surface area contributed by atoms with Crippen LogP contribution < -0.4 is 10.9 Å². The molecule has 1 amide bonds. The topological polar surface area (TPSA) is 113 Å². The fraction of sp³-hybridized carbons (Fsp3) is 0.294. The molecule has 3 aromatic heterocycles. The number of hydrogen-bond acceptors (Lipinski definition) is 5. The zero-order valence-corrected chi connectivity index (χ0v) is 13.5. The lowest BCUT2D eigenvalue weighted by Gasteiger charge is -2.15. The van der Waals surface area contributed by atoms with Gasteiger partial charge in [-0.3, -0.25) is 9.59 Å². The summed E-state index contributed by atoms with van der Waals surface area (Å²) in [7, 11) is 0. The number of ether oxygens (including phenoxy) is 1. The summed E-state index contributed by atoms with van der Waals surface area (Å²) >= 11 is 0. The number of hydrogen-bond donors (Lipinski definition) is 3. The molecule has 8 nitrogen and oxygen atoms in total. The van der Waals surface area contributed by atoms with Crippen LogP contribution in [0.3, 0.4) is 0 Å². The van der Waals surface area contributed by atoms with E-state index in [0.29, 0.717) is 31.0 Å². The second-order valence-electron chi connectivity index (χ2n) is 5.91. The minimum absolute atomic E-state index is 0.145. The Bertz CT molecular complexity index is 991. The zero-order valence-electron chi connectivity index (χ0n) is 13.5. The maximum absolute atomic E-state index is 12.2. The van der Waals surface area contributed by atoms with Crippen LogP contribution in [0.2, 0.25) is 0 Å². The van der Waals surface area contributed by atoms with Crippen LogP contribution in [-0.4, -0.2) is 32.4 Å². The molecular formula is C17H17N5O3. The third-order valence-electron chi connectivity index (χ3n) is 4.22. The Morgan fingerprint density at radius 2 is 2.32 bits per heavy atom. The van der Waals surface area contributed by atoms with Crippen LogP contribution in [0.5, 0.6) is 0 Å². The lowest BCUT2D eigenvalue weighted by atomic mass is 10.1. The smallest absolute Gasteiger partial charge is 0.256 e. The molecule has 3 aromatic rings. The average molecular weight is 339 g/mol. The van der Waals surface area contributed by atoms with E-state index in [1.165, 1.54) is 0 Å². The molecule has 25 heavy (non-hydrogen) atoms. The van der Waals surface area contributed by atoms with Crippen molar-refractivity contribution in [3.8, 4) is 0 Å². The first-order chi connectivity index (χ1) is 12.2. The van der Waals surface area contributed by atoms with Gasteiger partial charge in [0.15, 0.2) is 0 Å². The first kappa shape index (κ1) is 15.5. The number of aromatic amines is 2. The van der Waals surface area contributed by atoms with Gasteiger partial charge in [0.2, 0.25) is 5.91 Å². The van der Waals surface area contributed by atoms with Crippen molar-refractivity contribution in [3.05, 3.63) is 57.5 Å². The summed E-state index contributed by atoms with van der Waals surface area (Å²) in [5.41, 5.74) is 2.77. The number of amides is 1. The molecule has 0 aliphatic carbocycles. The van der Waals surface area contributed by atoms with Gasteiger partial charge >= 0.3 is 0 Å². The van der Waals surface area contributed by atoms with E-state index in [0.717, 1.165) is 22.3 Å². The number of aromatic nitrogens is 4. The Balaban J connectivity index is 1.44. The normalized spacial score (nSPS) is 13.6. The number of carbonyl (C=O) groups is 1. The summed E-state index contributed by atoms with van der Waals surface area (Å²) < 4.78 is 5.27. The fourth-order valence-corrected chi connectivity index (χ4v) is 2.96. The van der Waals surface area contributed by atoms with Crippen LogP contribution in [-0.2, 0) is 35.5 Å². The van der Waals surface area contributed by atoms with Crippen molar-refractivity contribution < 1.29 is 9.53 Å². The lowest BCUT2D eigenvalue weighted by molar-refractivity contribution is -0.120. The van der Waals surface area contributed by atoms with E-state index >= 15 is 0 Å². The Morgan fingerprint density at radius 3 is 3.24 bits per heavy atom. The largest absolute Gasteiger partial charge is 0.376 e. The Morgan fingerprint density at radius 1 is 1.40 bits per heavy atom. The van der Waals surface area contributed by atoms with E-state index in [1.54, 1.807) is 12.4 Å². The van der Waals surface area contributed by atoms with E-state index in [2.05, 4.69) is 25.3 Å². The van der Waals surface area contributed by atoms with Crippen molar-refractivity contribution in [2.24, 2.45) is 0 Å². The van der Waals surface area contributed by atoms with Gasteiger partial charge in [-0.15, -0.1) is 0 Å². The zero-order chi connectivity index (χ0) is 17.2. The number of nitrogens with zero attached hydrogens (tertiary/aromatic N) is 2. The van der Waals surface area contributed by atoms with Gasteiger partial charge in [0.25, 0.3) is 5.56 Å². The van der Waals surface area contributed by atoms with Gasteiger partial charge in [-0.1, -0.05) is 0 Å². The molecule has 4 heterocycles. The highest BCUT2D eigenvalue weighted by molar-refractivity contribution is 5.86. The number of carbonyl (C=O) groups excluding carboxylic acids is 1. The molecule has 0 atom stereocenters. The highest BCUT2D eigenvalue weighted by atomic mass is 16.5. The van der Waals surface area contributed by atoms with Crippen LogP contribution >= 0.6 is 0 Å². The molecule has 4 rings (SSSR count). The molecule has 0 unspecified atom stereocenters. The number of fused-ring (bicyclic) bond motifs is 2. The summed E-state index contributed by atoms with van der Waals surface area (Å²) in [5, 5.41) is 3.73. The van der Waals surface area contributed by atoms with Crippen LogP contribution in [0, 0.1) is 0 Å². The third kappa shape index (κ3) is 3.16. The molecule has 128 valence electrons. The van der Waals surface area contributed by atoms with Crippen LogP contribution in [0.1, 0.15) is 22.6 Å². The molecule has 1 aliphatic heterocycles. The third-order valence-corrected chi connectivity index (χ3v) is 4.22. The minimum atomic E-state index is -0.198. The molecule has 1 aliphatic rings. The highest BCUT2D eigenvalue weighted by Crippen LogP contribution is 2.16. The average Bonchev–Trinajstić information content (AvgIpc) is 3.03. The van der Waals surface area contributed by atoms with Crippen LogP contribution in [0.4, 0.5) is 0 Å². The summed E-state index contributed by atoms with van der Waals surface area (Å²) in [6.07, 6.45) is 4.33. The van der Waals surface area contributed by atoms with E-state index in [4.69, 9.17) is 4.74 Å². The van der Waals surface area contributed by atoms with Crippen LogP contribution in [0.15, 0.2) is 29.3 Å². The van der Waals surface area contributed by atoms with Crippen LogP contribution in [0.25, 0.3) is 11.0 Å². The fourth-order valence-electron chi connectivity index (χ4n) is 2.96. The summed E-state index contributed by atoms with van der Waals surface area (Å²) in [6.45, 7) is 1.03. The molecule has 0 fully saturated rings. The maximum atomic E-state index is 12.2. The second kappa shape index (κ2) is 6.48. The number of H-pyrrole nitrogens is 2. The first-order valence-electron chi connectivity index (χ1n) is 8.07. The van der Waals surface area contributed by atoms with Gasteiger partial charge in [-0.05, 0) is 17.7 Å². The molecular weight excluding hydrogens is 322 g/mol. The van der Waals surface area contributed by atoms with Crippen molar-refractivity contribution in [2.45, 2.75) is 26.0 Å². The molecule has 0 aromatic carbocycles. The van der Waals surface area contributed by atoms with Gasteiger partial charge < -0.3 is 20.0 Å². The van der Waals surface area contributed by atoms with Gasteiger partial charge in [0, 0.05) is 24.2 Å². The van der Waals surface area contributed by atoms with Gasteiger partial charge in [0.1, 0.15) is 11.5 Å². The van der Waals surface area contributed by atoms with Crippen molar-refractivity contribution in [1.29, 1.82) is 0 Å². The van der Waals surface area contributed by atoms with Crippen molar-refractivity contribution in [1.82, 2.24) is 25.3 Å². The second-order valence-corrected chi connectivity index (χ2v) is 5.91. The lowest BCUT2D eigenvalue weighted by Crippen LogP contribution is -2.30. The SMILES string of the molecule is O=C(Cc1c[nH]c2ncccc12)NCc1nc2c(c(=O)[nH]1)COCC2. The van der Waals surface area contributed by atoms with Crippen molar-refractivity contribution >= 4 is 16.9 Å². The summed E-state index contributed by atoms with van der Waals surface area (Å²) in [6, 6.07) is 3.76. The molecule has 0 spiro atoms. The standard InChI is InChI=1S/C17H17N5O3/c23-15(6-10-7-20-16-11(10)2-1-4-18-16)19-8-14-21-13-3-5-25-9-12(13)17(24)22-14/h1-2,4,7H,3,5-6,8-9H2,(H,18,20)(H,19,23)(H,21,22,24). The van der Waals surface area contributed by atoms with Crippen molar-refractivity contribution in [2.75, 3.05) is 6.61 Å². The molecule has 8 heteroatoms.